The highest BCUT2D eigenvalue weighted by molar-refractivity contribution is 5.95. The lowest BCUT2D eigenvalue weighted by molar-refractivity contribution is 0.478. The molecule has 2 aromatic rings. The number of aromatic hydroxyl groups is 1. The van der Waals surface area contributed by atoms with E-state index >= 15 is 0 Å². The zero-order chi connectivity index (χ0) is 12.0. The summed E-state index contributed by atoms with van der Waals surface area (Å²) in [7, 11) is 0. The van der Waals surface area contributed by atoms with Crippen LogP contribution < -0.4 is 11.5 Å². The molecule has 0 fully saturated rings. The third-order valence-electron chi connectivity index (χ3n) is 3.12. The number of aromatic nitrogens is 1. The minimum absolute atomic E-state index is 0.0607. The van der Waals surface area contributed by atoms with Crippen molar-refractivity contribution in [3.05, 3.63) is 35.5 Å². The number of nitrogens with zero attached hydrogens (tertiary/aromatic N) is 1. The lowest BCUT2D eigenvalue weighted by atomic mass is 9.96. The van der Waals surface area contributed by atoms with Crippen LogP contribution in [0.25, 0.3) is 17.0 Å². The Hall–Kier alpha value is -2.07. The second kappa shape index (κ2) is 3.46. The van der Waals surface area contributed by atoms with Gasteiger partial charge in [0.15, 0.2) is 0 Å². The smallest absolute Gasteiger partial charge is 0.139 e. The van der Waals surface area contributed by atoms with Crippen LogP contribution in [-0.4, -0.2) is 10.1 Å². The molecule has 1 atom stereocenters. The van der Waals surface area contributed by atoms with Gasteiger partial charge in [0.25, 0.3) is 0 Å². The van der Waals surface area contributed by atoms with Gasteiger partial charge in [0.2, 0.25) is 0 Å². The Balaban J connectivity index is 2.36. The Bertz CT molecular complexity index is 634. The van der Waals surface area contributed by atoms with E-state index in [1.54, 1.807) is 12.1 Å². The van der Waals surface area contributed by atoms with Gasteiger partial charge in [0.1, 0.15) is 5.75 Å². The average Bonchev–Trinajstić information content (AvgIpc) is 2.33. The first-order chi connectivity index (χ1) is 8.16. The summed E-state index contributed by atoms with van der Waals surface area (Å²) in [5.74, 6) is 0.0864. The fourth-order valence-electron chi connectivity index (χ4n) is 2.17. The molecule has 1 heterocycles. The molecule has 1 aromatic heterocycles. The topological polar surface area (TPSA) is 85.2 Å². The van der Waals surface area contributed by atoms with E-state index in [4.69, 9.17) is 11.5 Å². The summed E-state index contributed by atoms with van der Waals surface area (Å²) in [5.41, 5.74) is 14.9. The molecular weight excluding hydrogens is 214 g/mol. The van der Waals surface area contributed by atoms with Crippen molar-refractivity contribution in [3.63, 3.8) is 0 Å². The number of nitrogen functional groups attached to an aromatic ring is 1. The van der Waals surface area contributed by atoms with E-state index in [0.29, 0.717) is 5.69 Å². The van der Waals surface area contributed by atoms with Crippen LogP contribution in [0.3, 0.4) is 0 Å². The molecule has 0 bridgehead atoms. The zero-order valence-corrected chi connectivity index (χ0v) is 9.22. The predicted molar refractivity (Wildman–Crippen MR) is 68.4 cm³/mol. The van der Waals surface area contributed by atoms with E-state index in [0.717, 1.165) is 28.6 Å². The molecule has 0 amide bonds. The van der Waals surface area contributed by atoms with Crippen molar-refractivity contribution in [1.82, 2.24) is 4.98 Å². The summed E-state index contributed by atoms with van der Waals surface area (Å²) < 4.78 is 0. The Morgan fingerprint density at radius 1 is 1.35 bits per heavy atom. The third kappa shape index (κ3) is 1.45. The van der Waals surface area contributed by atoms with Gasteiger partial charge in [-0.2, -0.15) is 0 Å². The normalized spacial score (nSPS) is 18.3. The molecule has 1 unspecified atom stereocenters. The second-order valence-electron chi connectivity index (χ2n) is 4.27. The first kappa shape index (κ1) is 10.1. The largest absolute Gasteiger partial charge is 0.506 e. The van der Waals surface area contributed by atoms with Gasteiger partial charge in [-0.25, -0.2) is 0 Å². The lowest BCUT2D eigenvalue weighted by Gasteiger charge is -2.17. The van der Waals surface area contributed by atoms with Crippen molar-refractivity contribution in [2.45, 2.75) is 12.5 Å². The van der Waals surface area contributed by atoms with Crippen LogP contribution in [0.2, 0.25) is 0 Å². The van der Waals surface area contributed by atoms with Gasteiger partial charge < -0.3 is 16.6 Å². The van der Waals surface area contributed by atoms with E-state index in [1.165, 1.54) is 0 Å². The van der Waals surface area contributed by atoms with Crippen LogP contribution >= 0.6 is 0 Å². The minimum Gasteiger partial charge on any atom is -0.506 e. The number of phenolic OH excluding ortho intramolecular Hbond substituents is 1. The first-order valence-electron chi connectivity index (χ1n) is 5.51. The zero-order valence-electron chi connectivity index (χ0n) is 9.22. The van der Waals surface area contributed by atoms with Gasteiger partial charge in [-0.15, -0.1) is 0 Å². The van der Waals surface area contributed by atoms with Gasteiger partial charge in [-0.3, -0.25) is 4.98 Å². The van der Waals surface area contributed by atoms with Gasteiger partial charge in [0, 0.05) is 5.39 Å². The Labute approximate surface area is 98.6 Å². The standard InChI is InChI=1S/C13H13N3O/c14-9-3-1-2-7-6-8-10(16-13(7)9)4-5-11(17)12(8)15/h1-2,4-6,9,17H,3,14-15H2. The fourth-order valence-corrected chi connectivity index (χ4v) is 2.17. The minimum atomic E-state index is -0.0607. The molecule has 0 radical (unpaired) electrons. The van der Waals surface area contributed by atoms with E-state index in [1.807, 2.05) is 18.2 Å². The number of benzene rings is 1. The highest BCUT2D eigenvalue weighted by atomic mass is 16.3. The van der Waals surface area contributed by atoms with Crippen LogP contribution in [-0.2, 0) is 0 Å². The summed E-state index contributed by atoms with van der Waals surface area (Å²) >= 11 is 0. The maximum atomic E-state index is 9.58. The van der Waals surface area contributed by atoms with E-state index in [2.05, 4.69) is 4.98 Å². The van der Waals surface area contributed by atoms with Gasteiger partial charge in [-0.1, -0.05) is 12.2 Å². The molecule has 4 nitrogen and oxygen atoms in total. The number of hydrogen-bond donors (Lipinski definition) is 3. The fraction of sp³-hybridized carbons (Fsp3) is 0.154. The van der Waals surface area contributed by atoms with E-state index < -0.39 is 0 Å². The monoisotopic (exact) mass is 227 g/mol. The number of phenols is 1. The summed E-state index contributed by atoms with van der Waals surface area (Å²) in [6.45, 7) is 0. The van der Waals surface area contributed by atoms with Gasteiger partial charge >= 0.3 is 0 Å². The molecule has 1 aliphatic carbocycles. The Morgan fingerprint density at radius 2 is 2.18 bits per heavy atom. The molecule has 0 spiro atoms. The predicted octanol–water partition coefficient (Wildman–Crippen LogP) is 1.94. The number of nitrogens with two attached hydrogens (primary N) is 2. The van der Waals surface area contributed by atoms with Crippen molar-refractivity contribution in [1.29, 1.82) is 0 Å². The second-order valence-corrected chi connectivity index (χ2v) is 4.27. The van der Waals surface area contributed by atoms with Gasteiger partial charge in [0.05, 0.1) is 22.9 Å². The molecule has 4 heteroatoms. The van der Waals surface area contributed by atoms with Crippen LogP contribution in [0.5, 0.6) is 5.75 Å². The summed E-state index contributed by atoms with van der Waals surface area (Å²) in [5, 5.41) is 10.3. The number of fused-ring (bicyclic) bond motifs is 2. The number of rotatable bonds is 0. The SMILES string of the molecule is Nc1c(O)ccc2nc3c(cc12)C=CCC3N. The highest BCUT2D eigenvalue weighted by Crippen LogP contribution is 2.33. The van der Waals surface area contributed by atoms with Crippen LogP contribution in [0, 0.1) is 0 Å². The molecule has 0 saturated carbocycles. The molecular formula is C13H13N3O. The van der Waals surface area contributed by atoms with E-state index in [9.17, 15) is 5.11 Å². The first-order valence-corrected chi connectivity index (χ1v) is 5.51. The molecule has 86 valence electrons. The molecule has 1 aliphatic rings. The highest BCUT2D eigenvalue weighted by Gasteiger charge is 2.16. The van der Waals surface area contributed by atoms with Crippen LogP contribution in [0.4, 0.5) is 5.69 Å². The third-order valence-corrected chi connectivity index (χ3v) is 3.12. The summed E-state index contributed by atoms with van der Waals surface area (Å²) in [6.07, 6.45) is 4.83. The molecule has 0 saturated heterocycles. The average molecular weight is 227 g/mol. The molecule has 1 aromatic carbocycles. The quantitative estimate of drug-likeness (QED) is 0.474. The van der Waals surface area contributed by atoms with Gasteiger partial charge in [-0.05, 0) is 30.2 Å². The van der Waals surface area contributed by atoms with Crippen molar-refractivity contribution in [2.75, 3.05) is 5.73 Å². The lowest BCUT2D eigenvalue weighted by Crippen LogP contribution is -2.15. The number of hydrogen-bond acceptors (Lipinski definition) is 4. The Kier molecular flexibility index (Phi) is 2.06. The maximum absolute atomic E-state index is 9.58. The molecule has 3 rings (SSSR count). The van der Waals surface area contributed by atoms with Crippen molar-refractivity contribution in [3.8, 4) is 5.75 Å². The number of pyridine rings is 1. The van der Waals surface area contributed by atoms with Crippen molar-refractivity contribution < 1.29 is 5.11 Å². The van der Waals surface area contributed by atoms with Crippen LogP contribution in [0.1, 0.15) is 23.7 Å². The Morgan fingerprint density at radius 3 is 3.00 bits per heavy atom. The van der Waals surface area contributed by atoms with E-state index in [-0.39, 0.29) is 11.8 Å². The van der Waals surface area contributed by atoms with Crippen LogP contribution in [0.15, 0.2) is 24.3 Å². The maximum Gasteiger partial charge on any atom is 0.139 e. The van der Waals surface area contributed by atoms with Crippen molar-refractivity contribution >= 4 is 22.7 Å². The molecule has 5 N–H and O–H groups in total. The summed E-state index contributed by atoms with van der Waals surface area (Å²) in [6, 6.07) is 5.19. The summed E-state index contributed by atoms with van der Waals surface area (Å²) in [4.78, 5) is 4.53. The number of anilines is 1. The molecule has 17 heavy (non-hydrogen) atoms. The van der Waals surface area contributed by atoms with Crippen molar-refractivity contribution in [2.24, 2.45) is 5.73 Å². The molecule has 0 aliphatic heterocycles.